The van der Waals surface area contributed by atoms with Crippen LogP contribution < -0.4 is 0 Å². The van der Waals surface area contributed by atoms with Gasteiger partial charge in [-0.3, -0.25) is 9.59 Å². The molecule has 0 aromatic heterocycles. The zero-order chi connectivity index (χ0) is 19.8. The SMILES string of the molecule is C=C[C@@H](OC(C)=O)[C@]1(O)C(=O)N(Cc2ccccc2)[C@H]1[C@H]1COC(C)(C)O1. The number of β-lactam (4-membered cyclic amide) rings is 1. The largest absolute Gasteiger partial charge is 0.455 e. The fourth-order valence-corrected chi connectivity index (χ4v) is 3.75. The summed E-state index contributed by atoms with van der Waals surface area (Å²) in [5.41, 5.74) is -1.03. The summed E-state index contributed by atoms with van der Waals surface area (Å²) >= 11 is 0. The summed E-state index contributed by atoms with van der Waals surface area (Å²) in [4.78, 5) is 25.9. The third-order valence-electron chi connectivity index (χ3n) is 4.91. The minimum absolute atomic E-state index is 0.211. The first-order chi connectivity index (χ1) is 12.7. The highest BCUT2D eigenvalue weighted by Gasteiger charge is 2.68. The molecule has 2 aliphatic heterocycles. The van der Waals surface area contributed by atoms with Crippen molar-refractivity contribution in [2.45, 2.75) is 57.0 Å². The standard InChI is InChI=1S/C20H25NO6/c1-5-16(26-13(2)22)20(24)17(15-12-25-19(3,4)27-15)21(18(20)23)11-14-9-7-6-8-10-14/h5-10,15-17,24H,1,11-12H2,2-4H3/t15-,16-,17+,20-/m1/s1. The van der Waals surface area contributed by atoms with Crippen molar-refractivity contribution in [3.05, 3.63) is 48.6 Å². The molecule has 0 radical (unpaired) electrons. The van der Waals surface area contributed by atoms with Gasteiger partial charge in [0, 0.05) is 13.5 Å². The molecule has 3 rings (SSSR count). The van der Waals surface area contributed by atoms with Crippen LogP contribution in [-0.4, -0.2) is 58.1 Å². The van der Waals surface area contributed by atoms with Gasteiger partial charge in [-0.2, -0.15) is 0 Å². The molecule has 0 bridgehead atoms. The molecule has 2 heterocycles. The molecular formula is C20H25NO6. The molecule has 27 heavy (non-hydrogen) atoms. The van der Waals surface area contributed by atoms with E-state index >= 15 is 0 Å². The van der Waals surface area contributed by atoms with E-state index in [-0.39, 0.29) is 6.61 Å². The summed E-state index contributed by atoms with van der Waals surface area (Å²) in [5.74, 6) is -1.96. The minimum atomic E-state index is -1.95. The highest BCUT2D eigenvalue weighted by Crippen LogP contribution is 2.42. The van der Waals surface area contributed by atoms with E-state index in [1.807, 2.05) is 30.3 Å². The van der Waals surface area contributed by atoms with E-state index in [2.05, 4.69) is 6.58 Å². The lowest BCUT2D eigenvalue weighted by Crippen LogP contribution is -2.81. The van der Waals surface area contributed by atoms with Crippen molar-refractivity contribution in [2.24, 2.45) is 0 Å². The van der Waals surface area contributed by atoms with E-state index in [1.165, 1.54) is 17.9 Å². The van der Waals surface area contributed by atoms with Crippen LogP contribution in [0.4, 0.5) is 0 Å². The van der Waals surface area contributed by atoms with Crippen LogP contribution in [0.1, 0.15) is 26.3 Å². The van der Waals surface area contributed by atoms with E-state index in [0.717, 1.165) is 5.56 Å². The number of amides is 1. The van der Waals surface area contributed by atoms with E-state index in [0.29, 0.717) is 6.54 Å². The number of carbonyl (C=O) groups is 2. The van der Waals surface area contributed by atoms with Gasteiger partial charge in [0.1, 0.15) is 12.1 Å². The lowest BCUT2D eigenvalue weighted by atomic mass is 9.74. The first-order valence-electron chi connectivity index (χ1n) is 8.88. The molecule has 1 aromatic carbocycles. The third-order valence-corrected chi connectivity index (χ3v) is 4.91. The van der Waals surface area contributed by atoms with Crippen molar-refractivity contribution in [1.29, 1.82) is 0 Å². The molecule has 2 saturated heterocycles. The topological polar surface area (TPSA) is 85.3 Å². The van der Waals surface area contributed by atoms with Crippen LogP contribution in [0.25, 0.3) is 0 Å². The Kier molecular flexibility index (Phi) is 5.12. The lowest BCUT2D eigenvalue weighted by Gasteiger charge is -2.56. The summed E-state index contributed by atoms with van der Waals surface area (Å²) in [7, 11) is 0. The number of rotatable bonds is 6. The zero-order valence-corrected chi connectivity index (χ0v) is 15.8. The van der Waals surface area contributed by atoms with Crippen LogP contribution >= 0.6 is 0 Å². The molecule has 1 aromatic rings. The third kappa shape index (κ3) is 3.50. The van der Waals surface area contributed by atoms with Gasteiger partial charge in [0.25, 0.3) is 5.91 Å². The number of carbonyl (C=O) groups excluding carboxylic acids is 2. The number of nitrogens with zero attached hydrogens (tertiary/aromatic N) is 1. The maximum Gasteiger partial charge on any atom is 0.303 e. The molecule has 2 aliphatic rings. The van der Waals surface area contributed by atoms with Gasteiger partial charge in [0.15, 0.2) is 11.9 Å². The van der Waals surface area contributed by atoms with Gasteiger partial charge in [0.2, 0.25) is 5.60 Å². The Morgan fingerprint density at radius 2 is 2.11 bits per heavy atom. The first kappa shape index (κ1) is 19.5. The second-order valence-corrected chi connectivity index (χ2v) is 7.32. The smallest absolute Gasteiger partial charge is 0.303 e. The van der Waals surface area contributed by atoms with Gasteiger partial charge in [0.05, 0.1) is 6.61 Å². The predicted octanol–water partition coefficient (Wildman–Crippen LogP) is 1.40. The Labute approximate surface area is 158 Å². The summed E-state index contributed by atoms with van der Waals surface area (Å²) < 4.78 is 16.7. The van der Waals surface area contributed by atoms with Crippen LogP contribution in [0.5, 0.6) is 0 Å². The van der Waals surface area contributed by atoms with E-state index in [9.17, 15) is 14.7 Å². The highest BCUT2D eigenvalue weighted by atomic mass is 16.7. The highest BCUT2D eigenvalue weighted by molar-refractivity contribution is 5.94. The van der Waals surface area contributed by atoms with Gasteiger partial charge in [-0.05, 0) is 25.5 Å². The van der Waals surface area contributed by atoms with E-state index in [1.54, 1.807) is 13.8 Å². The molecule has 0 spiro atoms. The molecule has 7 nitrogen and oxygen atoms in total. The first-order valence-corrected chi connectivity index (χ1v) is 8.88. The Morgan fingerprint density at radius 3 is 2.63 bits per heavy atom. The molecule has 1 N–H and O–H groups in total. The van der Waals surface area contributed by atoms with Crippen molar-refractivity contribution in [2.75, 3.05) is 6.61 Å². The Bertz CT molecular complexity index is 733. The maximum atomic E-state index is 12.9. The van der Waals surface area contributed by atoms with Crippen LogP contribution in [0.15, 0.2) is 43.0 Å². The molecule has 0 saturated carbocycles. The summed E-state index contributed by atoms with van der Waals surface area (Å²) in [6, 6.07) is 8.70. The molecular weight excluding hydrogens is 350 g/mol. The van der Waals surface area contributed by atoms with E-state index < -0.39 is 41.5 Å². The van der Waals surface area contributed by atoms with Crippen molar-refractivity contribution in [3.8, 4) is 0 Å². The van der Waals surface area contributed by atoms with Crippen LogP contribution in [0.2, 0.25) is 0 Å². The second-order valence-electron chi connectivity index (χ2n) is 7.32. The normalized spacial score (nSPS) is 30.5. The number of esters is 1. The second kappa shape index (κ2) is 7.07. The fourth-order valence-electron chi connectivity index (χ4n) is 3.75. The van der Waals surface area contributed by atoms with Gasteiger partial charge < -0.3 is 24.2 Å². The fraction of sp³-hybridized carbons (Fsp3) is 0.500. The van der Waals surface area contributed by atoms with Gasteiger partial charge in [-0.1, -0.05) is 36.9 Å². The maximum absolute atomic E-state index is 12.9. The number of aliphatic hydroxyl groups is 1. The average molecular weight is 375 g/mol. The molecule has 2 fully saturated rings. The van der Waals surface area contributed by atoms with Crippen molar-refractivity contribution >= 4 is 11.9 Å². The number of hydrogen-bond donors (Lipinski definition) is 1. The van der Waals surface area contributed by atoms with E-state index in [4.69, 9.17) is 14.2 Å². The number of hydrogen-bond acceptors (Lipinski definition) is 6. The zero-order valence-electron chi connectivity index (χ0n) is 15.8. The van der Waals surface area contributed by atoms with Gasteiger partial charge >= 0.3 is 5.97 Å². The average Bonchev–Trinajstić information content (AvgIpc) is 2.98. The Hall–Kier alpha value is -2.22. The van der Waals surface area contributed by atoms with Gasteiger partial charge in [-0.15, -0.1) is 0 Å². The molecule has 0 aliphatic carbocycles. The quantitative estimate of drug-likeness (QED) is 0.460. The lowest BCUT2D eigenvalue weighted by molar-refractivity contribution is -0.235. The number of likely N-dealkylation sites (tertiary alicyclic amines) is 1. The molecule has 0 unspecified atom stereocenters. The molecule has 146 valence electrons. The number of ether oxygens (including phenoxy) is 3. The van der Waals surface area contributed by atoms with Crippen molar-refractivity contribution in [3.63, 3.8) is 0 Å². The predicted molar refractivity (Wildman–Crippen MR) is 96.4 cm³/mol. The summed E-state index contributed by atoms with van der Waals surface area (Å²) in [6.07, 6.45) is -0.469. The minimum Gasteiger partial charge on any atom is -0.455 e. The van der Waals surface area contributed by atoms with Crippen LogP contribution in [0.3, 0.4) is 0 Å². The van der Waals surface area contributed by atoms with Crippen LogP contribution in [-0.2, 0) is 30.3 Å². The Balaban J connectivity index is 1.91. The molecule has 7 heteroatoms. The Morgan fingerprint density at radius 1 is 1.44 bits per heavy atom. The molecule has 4 atom stereocenters. The summed E-state index contributed by atoms with van der Waals surface area (Å²) in [6.45, 7) is 8.89. The van der Waals surface area contributed by atoms with Crippen molar-refractivity contribution < 1.29 is 28.9 Å². The van der Waals surface area contributed by atoms with Gasteiger partial charge in [-0.25, -0.2) is 0 Å². The van der Waals surface area contributed by atoms with Crippen LogP contribution in [0, 0.1) is 0 Å². The molecule has 1 amide bonds. The summed E-state index contributed by atoms with van der Waals surface area (Å²) in [5, 5.41) is 11.3. The monoisotopic (exact) mass is 375 g/mol. The van der Waals surface area contributed by atoms with Crippen molar-refractivity contribution in [1.82, 2.24) is 4.90 Å². The number of benzene rings is 1.